The summed E-state index contributed by atoms with van der Waals surface area (Å²) in [5.74, 6) is 1.54. The van der Waals surface area contributed by atoms with Gasteiger partial charge in [-0.25, -0.2) is 0 Å². The molecule has 3 heterocycles. The van der Waals surface area contributed by atoms with E-state index in [9.17, 15) is 9.59 Å². The van der Waals surface area contributed by atoms with Crippen LogP contribution in [0, 0.1) is 11.3 Å². The molecule has 3 aliphatic heterocycles. The summed E-state index contributed by atoms with van der Waals surface area (Å²) in [4.78, 5) is 33.1. The van der Waals surface area contributed by atoms with Gasteiger partial charge in [0.1, 0.15) is 5.75 Å². The third kappa shape index (κ3) is 3.94. The number of carbonyl (C=O) groups is 2. The molecule has 0 bridgehead atoms. The fraction of sp³-hybridized carbons (Fsp3) is 0.667. The Balaban J connectivity index is 1.43. The van der Waals surface area contributed by atoms with Gasteiger partial charge >= 0.3 is 0 Å². The smallest absolute Gasteiger partial charge is 0.232 e. The van der Waals surface area contributed by atoms with E-state index in [1.54, 1.807) is 7.11 Å². The maximum absolute atomic E-state index is 13.6. The van der Waals surface area contributed by atoms with Crippen LogP contribution in [-0.2, 0) is 16.0 Å². The minimum atomic E-state index is -0.412. The molecule has 30 heavy (non-hydrogen) atoms. The van der Waals surface area contributed by atoms with Crippen molar-refractivity contribution >= 4 is 11.8 Å². The SMILES string of the molecule is COc1ccc(CCC(=O)N2CC3CN(C(C)C)CC3(C(=O)N3CCCC3)C2)cc1. The fourth-order valence-electron chi connectivity index (χ4n) is 5.43. The zero-order chi connectivity index (χ0) is 21.3. The number of aryl methyl sites for hydroxylation is 1. The second-order valence-electron chi connectivity index (χ2n) is 9.50. The van der Waals surface area contributed by atoms with E-state index in [0.717, 1.165) is 56.8 Å². The number of fused-ring (bicyclic) bond motifs is 1. The van der Waals surface area contributed by atoms with E-state index in [-0.39, 0.29) is 11.8 Å². The normalized spacial score (nSPS) is 26.5. The van der Waals surface area contributed by atoms with E-state index in [0.29, 0.717) is 31.5 Å². The Morgan fingerprint density at radius 2 is 1.77 bits per heavy atom. The van der Waals surface area contributed by atoms with Crippen molar-refractivity contribution in [3.8, 4) is 5.75 Å². The van der Waals surface area contributed by atoms with E-state index >= 15 is 0 Å². The highest BCUT2D eigenvalue weighted by atomic mass is 16.5. The van der Waals surface area contributed by atoms with Crippen molar-refractivity contribution in [2.45, 2.75) is 45.6 Å². The van der Waals surface area contributed by atoms with Gasteiger partial charge in [-0.15, -0.1) is 0 Å². The molecule has 6 nitrogen and oxygen atoms in total. The van der Waals surface area contributed by atoms with Gasteiger partial charge in [0.2, 0.25) is 11.8 Å². The van der Waals surface area contributed by atoms with Crippen molar-refractivity contribution in [2.24, 2.45) is 11.3 Å². The molecular weight excluding hydrogens is 378 g/mol. The molecule has 3 saturated heterocycles. The molecule has 164 valence electrons. The summed E-state index contributed by atoms with van der Waals surface area (Å²) in [5, 5.41) is 0. The van der Waals surface area contributed by atoms with Crippen LogP contribution in [0.1, 0.15) is 38.7 Å². The molecule has 0 radical (unpaired) electrons. The van der Waals surface area contributed by atoms with Gasteiger partial charge in [0, 0.05) is 57.6 Å². The number of methoxy groups -OCH3 is 1. The molecular formula is C24H35N3O3. The van der Waals surface area contributed by atoms with Crippen LogP contribution in [0.4, 0.5) is 0 Å². The Morgan fingerprint density at radius 1 is 1.07 bits per heavy atom. The highest BCUT2D eigenvalue weighted by Gasteiger charge is 2.59. The van der Waals surface area contributed by atoms with Crippen LogP contribution in [0.5, 0.6) is 5.75 Å². The lowest BCUT2D eigenvalue weighted by Gasteiger charge is -2.33. The summed E-state index contributed by atoms with van der Waals surface area (Å²) in [5.41, 5.74) is 0.724. The van der Waals surface area contributed by atoms with Crippen molar-refractivity contribution in [1.82, 2.24) is 14.7 Å². The molecule has 1 aromatic rings. The molecule has 3 fully saturated rings. The number of hydrogen-bond donors (Lipinski definition) is 0. The molecule has 0 aromatic heterocycles. The highest BCUT2D eigenvalue weighted by molar-refractivity contribution is 5.87. The maximum Gasteiger partial charge on any atom is 0.232 e. The molecule has 2 atom stereocenters. The quantitative estimate of drug-likeness (QED) is 0.719. The van der Waals surface area contributed by atoms with E-state index in [1.807, 2.05) is 29.2 Å². The Kier molecular flexibility index (Phi) is 6.05. The summed E-state index contributed by atoms with van der Waals surface area (Å²) in [6.45, 7) is 9.15. The second-order valence-corrected chi connectivity index (χ2v) is 9.50. The first-order valence-corrected chi connectivity index (χ1v) is 11.4. The van der Waals surface area contributed by atoms with Crippen molar-refractivity contribution < 1.29 is 14.3 Å². The van der Waals surface area contributed by atoms with Crippen molar-refractivity contribution in [1.29, 1.82) is 0 Å². The van der Waals surface area contributed by atoms with Crippen LogP contribution in [0.2, 0.25) is 0 Å². The topological polar surface area (TPSA) is 53.1 Å². The molecule has 1 aromatic carbocycles. The zero-order valence-corrected chi connectivity index (χ0v) is 18.6. The molecule has 2 amide bonds. The molecule has 6 heteroatoms. The Labute approximate surface area is 180 Å². The van der Waals surface area contributed by atoms with Crippen LogP contribution in [0.3, 0.4) is 0 Å². The monoisotopic (exact) mass is 413 g/mol. The van der Waals surface area contributed by atoms with Gasteiger partial charge in [0.05, 0.1) is 12.5 Å². The van der Waals surface area contributed by atoms with Gasteiger partial charge in [-0.05, 0) is 50.8 Å². The van der Waals surface area contributed by atoms with E-state index in [4.69, 9.17) is 4.74 Å². The highest BCUT2D eigenvalue weighted by Crippen LogP contribution is 2.45. The first-order valence-electron chi connectivity index (χ1n) is 11.4. The maximum atomic E-state index is 13.6. The van der Waals surface area contributed by atoms with Gasteiger partial charge < -0.3 is 14.5 Å². The number of amides is 2. The zero-order valence-electron chi connectivity index (χ0n) is 18.6. The van der Waals surface area contributed by atoms with E-state index in [1.165, 1.54) is 0 Å². The number of ether oxygens (including phenoxy) is 1. The Morgan fingerprint density at radius 3 is 2.40 bits per heavy atom. The third-order valence-electron chi connectivity index (χ3n) is 7.32. The standard InChI is InChI=1S/C24H35N3O3/c1-18(2)26-14-20-15-27(17-24(20,16-26)23(29)25-12-4-5-13-25)22(28)11-8-19-6-9-21(30-3)10-7-19/h6-7,9-10,18,20H,4-5,8,11-17H2,1-3H3. The average Bonchev–Trinajstić information content (AvgIpc) is 3.46. The number of nitrogens with zero attached hydrogens (tertiary/aromatic N) is 3. The first-order chi connectivity index (χ1) is 14.4. The van der Waals surface area contributed by atoms with Crippen LogP contribution >= 0.6 is 0 Å². The van der Waals surface area contributed by atoms with Gasteiger partial charge in [-0.2, -0.15) is 0 Å². The molecule has 3 aliphatic rings. The molecule has 0 spiro atoms. The lowest BCUT2D eigenvalue weighted by Crippen LogP contribution is -2.49. The molecule has 0 N–H and O–H groups in total. The van der Waals surface area contributed by atoms with E-state index < -0.39 is 5.41 Å². The van der Waals surface area contributed by atoms with Gasteiger partial charge in [0.15, 0.2) is 0 Å². The third-order valence-corrected chi connectivity index (χ3v) is 7.32. The van der Waals surface area contributed by atoms with Crippen molar-refractivity contribution in [3.05, 3.63) is 29.8 Å². The average molecular weight is 414 g/mol. The molecule has 0 aliphatic carbocycles. The molecule has 4 rings (SSSR count). The second kappa shape index (κ2) is 8.58. The number of carbonyl (C=O) groups excluding carboxylic acids is 2. The number of likely N-dealkylation sites (tertiary alicyclic amines) is 3. The lowest BCUT2D eigenvalue weighted by atomic mass is 9.79. The van der Waals surface area contributed by atoms with Crippen LogP contribution in [0.15, 0.2) is 24.3 Å². The summed E-state index contributed by atoms with van der Waals surface area (Å²) >= 11 is 0. The number of hydrogen-bond acceptors (Lipinski definition) is 4. The fourth-order valence-corrected chi connectivity index (χ4v) is 5.43. The minimum absolute atomic E-state index is 0.171. The number of benzene rings is 1. The van der Waals surface area contributed by atoms with Gasteiger partial charge in [-0.1, -0.05) is 12.1 Å². The van der Waals surface area contributed by atoms with Gasteiger partial charge in [-0.3, -0.25) is 14.5 Å². The largest absolute Gasteiger partial charge is 0.497 e. The number of rotatable bonds is 6. The minimum Gasteiger partial charge on any atom is -0.497 e. The summed E-state index contributed by atoms with van der Waals surface area (Å²) in [6.07, 6.45) is 3.41. The van der Waals surface area contributed by atoms with Crippen LogP contribution < -0.4 is 4.74 Å². The summed E-state index contributed by atoms with van der Waals surface area (Å²) < 4.78 is 5.20. The Hall–Kier alpha value is -2.08. The summed E-state index contributed by atoms with van der Waals surface area (Å²) in [6, 6.07) is 8.33. The summed E-state index contributed by atoms with van der Waals surface area (Å²) in [7, 11) is 1.66. The molecule has 0 saturated carbocycles. The lowest BCUT2D eigenvalue weighted by molar-refractivity contribution is -0.141. The predicted octanol–water partition coefficient (Wildman–Crippen LogP) is 2.42. The van der Waals surface area contributed by atoms with Gasteiger partial charge in [0.25, 0.3) is 0 Å². The van der Waals surface area contributed by atoms with Crippen LogP contribution in [-0.4, -0.2) is 78.9 Å². The predicted molar refractivity (Wildman–Crippen MR) is 116 cm³/mol. The van der Waals surface area contributed by atoms with Crippen LogP contribution in [0.25, 0.3) is 0 Å². The first kappa shape index (κ1) is 21.2. The Bertz CT molecular complexity index is 772. The van der Waals surface area contributed by atoms with Crippen molar-refractivity contribution in [2.75, 3.05) is 46.4 Å². The van der Waals surface area contributed by atoms with Crippen molar-refractivity contribution in [3.63, 3.8) is 0 Å². The molecule has 2 unspecified atom stereocenters. The van der Waals surface area contributed by atoms with E-state index in [2.05, 4.69) is 23.6 Å².